The van der Waals surface area contributed by atoms with E-state index in [1.54, 1.807) is 0 Å². The van der Waals surface area contributed by atoms with Crippen LogP contribution in [0.2, 0.25) is 0 Å². The number of aliphatic hydroxyl groups excluding tert-OH is 12. The molecule has 19 heteroatoms. The number of ether oxygens (including phenoxy) is 6. The van der Waals surface area contributed by atoms with Gasteiger partial charge in [-0.1, -0.05) is 53.2 Å². The number of carbonyl (C=O) groups is 1. The number of aliphatic hydroxyl groups is 12. The summed E-state index contributed by atoms with van der Waals surface area (Å²) in [7, 11) is 0. The van der Waals surface area contributed by atoms with Crippen molar-refractivity contribution in [1.29, 1.82) is 0 Å². The SMILES string of the molecule is C[C@@H]1O[C@@H](O[C@H]2[C@H](OC(=O)[C@]34CCC(C)(C)C[C@H]3C3=CC[C@@H]5[C@@]6(C)C[C@H](O)[C@H](O[C@@H]7O[C@H](CO)[C@@H](O)[C@H](O)[C@H]7O)[C@@](C)(CO)[C@@H]6CC[C@@]5(C)[C@]3(C)CC4)O[C@H](CO)[C@@H](O)[C@@H]2O)[C@H](O)[C@H](O)[C@H]1O. The van der Waals surface area contributed by atoms with E-state index < -0.39 is 145 Å². The molecule has 3 aliphatic heterocycles. The highest BCUT2D eigenvalue weighted by Gasteiger charge is 2.71. The smallest absolute Gasteiger partial charge is 0.315 e. The summed E-state index contributed by atoms with van der Waals surface area (Å²) in [6, 6.07) is 0. The van der Waals surface area contributed by atoms with E-state index in [4.69, 9.17) is 28.4 Å². The lowest BCUT2D eigenvalue weighted by atomic mass is 9.33. The maximum Gasteiger partial charge on any atom is 0.315 e. The summed E-state index contributed by atoms with van der Waals surface area (Å²) in [5, 5.41) is 129. The number of carbonyl (C=O) groups excluding carboxylic acids is 1. The van der Waals surface area contributed by atoms with Crippen molar-refractivity contribution in [3.8, 4) is 0 Å². The van der Waals surface area contributed by atoms with Crippen LogP contribution in [-0.2, 0) is 33.2 Å². The van der Waals surface area contributed by atoms with Gasteiger partial charge in [-0.15, -0.1) is 0 Å². The molecule has 19 nitrogen and oxygen atoms in total. The fourth-order valence-electron chi connectivity index (χ4n) is 15.1. The average Bonchev–Trinajstić information content (AvgIpc) is 3.28. The molecule has 0 unspecified atom stereocenters. The highest BCUT2D eigenvalue weighted by Crippen LogP contribution is 2.76. The van der Waals surface area contributed by atoms with Crippen LogP contribution in [0.3, 0.4) is 0 Å². The van der Waals surface area contributed by atoms with Crippen molar-refractivity contribution >= 4 is 5.97 Å². The van der Waals surface area contributed by atoms with Gasteiger partial charge in [-0.3, -0.25) is 4.79 Å². The van der Waals surface area contributed by atoms with Gasteiger partial charge in [-0.25, -0.2) is 0 Å². The van der Waals surface area contributed by atoms with Crippen LogP contribution >= 0.6 is 0 Å². The average molecular weight is 959 g/mol. The Morgan fingerprint density at radius 1 is 0.657 bits per heavy atom. The molecule has 0 amide bonds. The van der Waals surface area contributed by atoms with E-state index in [0.29, 0.717) is 51.4 Å². The Hall–Kier alpha value is -1.47. The van der Waals surface area contributed by atoms with E-state index in [1.165, 1.54) is 6.92 Å². The van der Waals surface area contributed by atoms with E-state index in [2.05, 4.69) is 40.7 Å². The molecular weight excluding hydrogens is 881 g/mol. The number of hydrogen-bond acceptors (Lipinski definition) is 19. The van der Waals surface area contributed by atoms with Crippen LogP contribution in [0, 0.1) is 50.2 Å². The first kappa shape index (κ1) is 51.9. The third kappa shape index (κ3) is 8.01. The lowest BCUT2D eigenvalue weighted by Gasteiger charge is -2.72. The first-order chi connectivity index (χ1) is 31.3. The second-order valence-corrected chi connectivity index (χ2v) is 23.5. The van der Waals surface area contributed by atoms with Crippen molar-refractivity contribution in [1.82, 2.24) is 0 Å². The highest BCUT2D eigenvalue weighted by molar-refractivity contribution is 5.79. The molecule has 3 saturated heterocycles. The minimum atomic E-state index is -1.79. The summed E-state index contributed by atoms with van der Waals surface area (Å²) in [5.41, 5.74) is -2.40. The zero-order chi connectivity index (χ0) is 49.1. The first-order valence-electron chi connectivity index (χ1n) is 24.4. The Bertz CT molecular complexity index is 1830. The lowest BCUT2D eigenvalue weighted by Crippen LogP contribution is -2.69. The number of allylic oxidation sites excluding steroid dienone is 2. The molecule has 0 radical (unpaired) electrons. The standard InChI is InChI=1S/C48H78O19/c1-21-29(53)32(56)35(59)39(62-21)65-37-34(58)31(55)26(19-50)64-41(37)67-42(61)48-14-12-43(2,3)16-23(48)22-8-9-28-44(4)17-24(52)38(66-40-36(60)33(57)30(54)25(18-49)63-40)45(5,20-51)27(44)10-11-47(28,7)46(22,6)13-15-48/h8,21,23-41,49-60H,9-20H2,1-7H3/t21-,23-,24-,25+,26+,27+,28+,29-,30+,31+,32+,33-,34-,35+,36+,37+,38-,39-,40-,41-,44-,45-,46+,47+,48-/m0/s1. The van der Waals surface area contributed by atoms with Crippen molar-refractivity contribution in [2.24, 2.45) is 50.2 Å². The monoisotopic (exact) mass is 959 g/mol. The zero-order valence-electron chi connectivity index (χ0n) is 39.8. The molecule has 0 aromatic rings. The quantitative estimate of drug-likeness (QED) is 0.0758. The molecule has 4 saturated carbocycles. The normalized spacial score (nSPS) is 55.2. The van der Waals surface area contributed by atoms with Crippen LogP contribution in [0.15, 0.2) is 11.6 Å². The third-order valence-electron chi connectivity index (χ3n) is 19.4. The Morgan fingerprint density at radius 3 is 1.87 bits per heavy atom. The first-order valence-corrected chi connectivity index (χ1v) is 24.4. The molecule has 8 rings (SSSR count). The van der Waals surface area contributed by atoms with Gasteiger partial charge in [0.15, 0.2) is 18.7 Å². The van der Waals surface area contributed by atoms with Crippen LogP contribution in [0.25, 0.3) is 0 Å². The molecule has 7 fully saturated rings. The Morgan fingerprint density at radius 2 is 1.24 bits per heavy atom. The summed E-state index contributed by atoms with van der Waals surface area (Å²) >= 11 is 0. The van der Waals surface area contributed by atoms with Gasteiger partial charge >= 0.3 is 5.97 Å². The summed E-state index contributed by atoms with van der Waals surface area (Å²) in [5.74, 6) is -1.04. The fourth-order valence-corrected chi connectivity index (χ4v) is 15.1. The molecule has 384 valence electrons. The van der Waals surface area contributed by atoms with Crippen molar-refractivity contribution in [2.75, 3.05) is 19.8 Å². The summed E-state index contributed by atoms with van der Waals surface area (Å²) in [6.45, 7) is 12.8. The van der Waals surface area contributed by atoms with E-state index in [1.807, 2.05) is 6.92 Å². The van der Waals surface area contributed by atoms with Crippen LogP contribution in [0.5, 0.6) is 0 Å². The van der Waals surface area contributed by atoms with Gasteiger partial charge in [-0.2, -0.15) is 0 Å². The molecule has 0 aromatic heterocycles. The minimum Gasteiger partial charge on any atom is -0.432 e. The van der Waals surface area contributed by atoms with Crippen molar-refractivity contribution in [3.63, 3.8) is 0 Å². The van der Waals surface area contributed by atoms with Gasteiger partial charge in [0.05, 0.1) is 43.5 Å². The molecule has 0 aromatic carbocycles. The van der Waals surface area contributed by atoms with Crippen molar-refractivity contribution < 1.29 is 94.5 Å². The predicted molar refractivity (Wildman–Crippen MR) is 232 cm³/mol. The topological polar surface area (TPSA) is 315 Å². The Kier molecular flexibility index (Phi) is 14.1. The summed E-state index contributed by atoms with van der Waals surface area (Å²) < 4.78 is 35.9. The molecule has 12 N–H and O–H groups in total. The van der Waals surface area contributed by atoms with E-state index in [0.717, 1.165) is 12.0 Å². The molecule has 3 heterocycles. The van der Waals surface area contributed by atoms with Gasteiger partial charge in [0, 0.05) is 5.41 Å². The van der Waals surface area contributed by atoms with Crippen molar-refractivity contribution in [3.05, 3.63) is 11.6 Å². The lowest BCUT2D eigenvalue weighted by molar-refractivity contribution is -0.361. The molecular formula is C48H78O19. The highest BCUT2D eigenvalue weighted by atomic mass is 16.8. The van der Waals surface area contributed by atoms with Crippen LogP contribution in [0.1, 0.15) is 106 Å². The molecule has 25 atom stereocenters. The van der Waals surface area contributed by atoms with Crippen molar-refractivity contribution in [2.45, 2.75) is 211 Å². The van der Waals surface area contributed by atoms with Gasteiger partial charge in [0.2, 0.25) is 6.29 Å². The molecule has 8 aliphatic rings. The van der Waals surface area contributed by atoms with Gasteiger partial charge in [0.25, 0.3) is 0 Å². The predicted octanol–water partition coefficient (Wildman–Crippen LogP) is -0.889. The maximum absolute atomic E-state index is 15.2. The Labute approximate surface area is 392 Å². The maximum atomic E-state index is 15.2. The van der Waals surface area contributed by atoms with Gasteiger partial charge < -0.3 is 89.7 Å². The van der Waals surface area contributed by atoms with E-state index in [9.17, 15) is 61.3 Å². The fraction of sp³-hybridized carbons (Fsp3) is 0.938. The van der Waals surface area contributed by atoms with Crippen LogP contribution in [-0.4, -0.2) is 191 Å². The zero-order valence-corrected chi connectivity index (χ0v) is 39.8. The molecule has 5 aliphatic carbocycles. The largest absolute Gasteiger partial charge is 0.432 e. The number of hydrogen-bond donors (Lipinski definition) is 12. The van der Waals surface area contributed by atoms with Gasteiger partial charge in [-0.05, 0) is 104 Å². The van der Waals surface area contributed by atoms with E-state index >= 15 is 4.79 Å². The molecule has 0 bridgehead atoms. The van der Waals surface area contributed by atoms with Crippen LogP contribution < -0.4 is 0 Å². The van der Waals surface area contributed by atoms with E-state index in [-0.39, 0.29) is 35.2 Å². The number of rotatable bonds is 9. The Balaban J connectivity index is 1.08. The van der Waals surface area contributed by atoms with Crippen LogP contribution in [0.4, 0.5) is 0 Å². The minimum absolute atomic E-state index is 0.00821. The third-order valence-corrected chi connectivity index (χ3v) is 19.4. The second-order valence-electron chi connectivity index (χ2n) is 23.5. The van der Waals surface area contributed by atoms with Gasteiger partial charge in [0.1, 0.15) is 61.0 Å². The molecule has 0 spiro atoms. The second kappa shape index (κ2) is 18.2. The molecule has 67 heavy (non-hydrogen) atoms. The number of fused-ring (bicyclic) bond motifs is 7. The number of esters is 1. The summed E-state index contributed by atoms with van der Waals surface area (Å²) in [4.78, 5) is 15.2. The summed E-state index contributed by atoms with van der Waals surface area (Å²) in [6.07, 6.45) is -18.0.